The van der Waals surface area contributed by atoms with E-state index in [0.717, 1.165) is 51.9 Å². The van der Waals surface area contributed by atoms with Crippen LogP contribution in [0.3, 0.4) is 0 Å². The predicted molar refractivity (Wildman–Crippen MR) is 159 cm³/mol. The number of fused-ring (bicyclic) bond motifs is 1. The third-order valence-electron chi connectivity index (χ3n) is 10.5. The number of hydrazone groups is 1. The molecule has 7 unspecified atom stereocenters. The largest absolute Gasteiger partial charge is 0.342 e. The van der Waals surface area contributed by atoms with Crippen LogP contribution >= 0.6 is 0 Å². The number of nitrogens with zero attached hydrogens (tertiary/aromatic N) is 5. The molecule has 1 saturated heterocycles. The van der Waals surface area contributed by atoms with Crippen LogP contribution in [0.25, 0.3) is 0 Å². The van der Waals surface area contributed by atoms with Crippen LogP contribution in [-0.2, 0) is 4.79 Å². The van der Waals surface area contributed by atoms with E-state index in [1.54, 1.807) is 0 Å². The average molecular weight is 531 g/mol. The fourth-order valence-corrected chi connectivity index (χ4v) is 8.23. The Labute approximate surface area is 236 Å². The van der Waals surface area contributed by atoms with E-state index >= 15 is 0 Å². The Balaban J connectivity index is 1.10. The van der Waals surface area contributed by atoms with Gasteiger partial charge in [0.25, 0.3) is 0 Å². The van der Waals surface area contributed by atoms with E-state index in [-0.39, 0.29) is 24.1 Å². The molecule has 210 valence electrons. The SMILES string of the molecule is [B]C1C=NN2C(NCC3C=NCCC3)CC(C3CCN(C(=O)C(C4CCCC4)C4CCC=CC4C)CC3)=NC12. The molecular formula is C31H47BN6O. The molecule has 8 heteroatoms. The highest BCUT2D eigenvalue weighted by Gasteiger charge is 2.43. The molecule has 7 atom stereocenters. The second-order valence-corrected chi connectivity index (χ2v) is 13.0. The van der Waals surface area contributed by atoms with Gasteiger partial charge in [-0.1, -0.05) is 31.9 Å². The molecule has 1 saturated carbocycles. The van der Waals surface area contributed by atoms with Crippen LogP contribution in [0.1, 0.15) is 77.6 Å². The molecule has 0 aromatic rings. The Morgan fingerprint density at radius 3 is 2.67 bits per heavy atom. The van der Waals surface area contributed by atoms with Crippen molar-refractivity contribution in [2.45, 2.75) is 95.7 Å². The van der Waals surface area contributed by atoms with Crippen molar-refractivity contribution in [2.75, 3.05) is 26.2 Å². The van der Waals surface area contributed by atoms with E-state index in [1.807, 2.05) is 6.21 Å². The molecule has 1 N–H and O–H groups in total. The molecule has 2 radical (unpaired) electrons. The molecule has 1 amide bonds. The van der Waals surface area contributed by atoms with Crippen molar-refractivity contribution < 1.29 is 4.79 Å². The van der Waals surface area contributed by atoms with Crippen LogP contribution in [0.15, 0.2) is 27.2 Å². The van der Waals surface area contributed by atoms with Gasteiger partial charge in [0.05, 0.1) is 7.85 Å². The van der Waals surface area contributed by atoms with E-state index in [9.17, 15) is 4.79 Å². The van der Waals surface area contributed by atoms with Crippen molar-refractivity contribution in [2.24, 2.45) is 50.6 Å². The second-order valence-electron chi connectivity index (χ2n) is 13.0. The summed E-state index contributed by atoms with van der Waals surface area (Å²) in [6, 6.07) is 0. The lowest BCUT2D eigenvalue weighted by Crippen LogP contribution is -2.53. The third kappa shape index (κ3) is 5.91. The Kier molecular flexibility index (Phi) is 8.57. The minimum absolute atomic E-state index is 0.112. The summed E-state index contributed by atoms with van der Waals surface area (Å²) in [5.74, 6) is 2.98. The molecule has 39 heavy (non-hydrogen) atoms. The molecule has 7 nitrogen and oxygen atoms in total. The number of carbonyl (C=O) groups excluding carboxylic acids is 1. The number of allylic oxidation sites excluding steroid dienone is 2. The molecule has 0 spiro atoms. The number of piperidine rings is 1. The molecule has 6 rings (SSSR count). The smallest absolute Gasteiger partial charge is 0.226 e. The van der Waals surface area contributed by atoms with E-state index in [0.29, 0.717) is 35.5 Å². The highest BCUT2D eigenvalue weighted by atomic mass is 16.2. The molecule has 0 aromatic heterocycles. The maximum Gasteiger partial charge on any atom is 0.226 e. The molecule has 4 heterocycles. The fraction of sp³-hybridized carbons (Fsp3) is 0.806. The number of rotatable bonds is 7. The molecule has 0 bridgehead atoms. The van der Waals surface area contributed by atoms with Crippen molar-refractivity contribution in [1.82, 2.24) is 15.2 Å². The number of nitrogens with one attached hydrogen (secondary N) is 1. The monoisotopic (exact) mass is 530 g/mol. The predicted octanol–water partition coefficient (Wildman–Crippen LogP) is 4.46. The van der Waals surface area contributed by atoms with Crippen LogP contribution in [0.2, 0.25) is 5.82 Å². The number of hydrogen-bond donors (Lipinski definition) is 1. The highest BCUT2D eigenvalue weighted by Crippen LogP contribution is 2.43. The number of aliphatic imine (C=N–C) groups is 2. The Hall–Kier alpha value is -1.96. The summed E-state index contributed by atoms with van der Waals surface area (Å²) in [6.07, 6.45) is 21.3. The Morgan fingerprint density at radius 1 is 1.10 bits per heavy atom. The van der Waals surface area contributed by atoms with Crippen molar-refractivity contribution in [3.05, 3.63) is 12.2 Å². The number of carbonyl (C=O) groups is 1. The Bertz CT molecular complexity index is 982. The van der Waals surface area contributed by atoms with E-state index < -0.39 is 0 Å². The maximum atomic E-state index is 14.1. The number of likely N-dealkylation sites (tertiary alicyclic amines) is 1. The van der Waals surface area contributed by atoms with Crippen molar-refractivity contribution in [3.63, 3.8) is 0 Å². The van der Waals surface area contributed by atoms with Gasteiger partial charge in [-0.25, -0.2) is 0 Å². The first-order chi connectivity index (χ1) is 19.1. The van der Waals surface area contributed by atoms with Crippen molar-refractivity contribution in [3.8, 4) is 0 Å². The second kappa shape index (κ2) is 12.3. The average Bonchev–Trinajstić information content (AvgIpc) is 3.64. The third-order valence-corrected chi connectivity index (χ3v) is 10.5. The van der Waals surface area contributed by atoms with Gasteiger partial charge in [-0.3, -0.25) is 25.1 Å². The van der Waals surface area contributed by atoms with Gasteiger partial charge in [0.15, 0.2) is 0 Å². The lowest BCUT2D eigenvalue weighted by molar-refractivity contribution is -0.141. The van der Waals surface area contributed by atoms with Gasteiger partial charge < -0.3 is 4.90 Å². The van der Waals surface area contributed by atoms with Gasteiger partial charge in [-0.05, 0) is 69.1 Å². The fourth-order valence-electron chi connectivity index (χ4n) is 8.23. The van der Waals surface area contributed by atoms with Crippen LogP contribution in [0.5, 0.6) is 0 Å². The summed E-state index contributed by atoms with van der Waals surface area (Å²) < 4.78 is 0. The molecule has 2 fully saturated rings. The van der Waals surface area contributed by atoms with Crippen LogP contribution in [0, 0.1) is 35.5 Å². The van der Waals surface area contributed by atoms with Crippen LogP contribution in [-0.4, -0.2) is 80.3 Å². The molecule has 0 aromatic carbocycles. The van der Waals surface area contributed by atoms with E-state index in [1.165, 1.54) is 50.7 Å². The number of hydrogen-bond acceptors (Lipinski definition) is 6. The lowest BCUT2D eigenvalue weighted by atomic mass is 9.70. The quantitative estimate of drug-likeness (QED) is 0.390. The van der Waals surface area contributed by atoms with Gasteiger partial charge >= 0.3 is 0 Å². The first-order valence-electron chi connectivity index (χ1n) is 15.9. The summed E-state index contributed by atoms with van der Waals surface area (Å²) in [7, 11) is 6.41. The standard InChI is InChI=1S/C31H47BN6O/c1-21-7-2-5-11-25(21)29(24-9-3-4-10-24)31(39)37-15-12-23(13-16-37)27-17-28(34-19-22-8-6-14-33-18-22)38-30(36-27)26(32)20-35-38/h2,7,18,20-26,28-30,34H,3-6,8-17,19H2,1H3. The van der Waals surface area contributed by atoms with Gasteiger partial charge in [0, 0.05) is 74.3 Å². The zero-order valence-corrected chi connectivity index (χ0v) is 23.8. The Morgan fingerprint density at radius 2 is 1.92 bits per heavy atom. The van der Waals surface area contributed by atoms with Gasteiger partial charge in [0.2, 0.25) is 5.91 Å². The minimum atomic E-state index is -0.166. The summed E-state index contributed by atoms with van der Waals surface area (Å²) in [4.78, 5) is 26.0. The van der Waals surface area contributed by atoms with Gasteiger partial charge in [0.1, 0.15) is 12.3 Å². The molecule has 4 aliphatic heterocycles. The zero-order valence-electron chi connectivity index (χ0n) is 23.8. The summed E-state index contributed by atoms with van der Waals surface area (Å²) in [5.41, 5.74) is 1.28. The zero-order chi connectivity index (χ0) is 26.8. The van der Waals surface area contributed by atoms with Crippen LogP contribution < -0.4 is 5.32 Å². The number of amides is 1. The first-order valence-corrected chi connectivity index (χ1v) is 15.9. The van der Waals surface area contributed by atoms with Gasteiger partial charge in [-0.2, -0.15) is 5.10 Å². The lowest BCUT2D eigenvalue weighted by Gasteiger charge is -2.43. The molecule has 6 aliphatic rings. The normalized spacial score (nSPS) is 36.3. The van der Waals surface area contributed by atoms with E-state index in [4.69, 9.17) is 12.8 Å². The summed E-state index contributed by atoms with van der Waals surface area (Å²) >= 11 is 0. The molecule has 2 aliphatic carbocycles. The summed E-state index contributed by atoms with van der Waals surface area (Å²) in [6.45, 7) is 5.92. The maximum absolute atomic E-state index is 14.1. The summed E-state index contributed by atoms with van der Waals surface area (Å²) in [5, 5.41) is 10.5. The topological polar surface area (TPSA) is 72.7 Å². The van der Waals surface area contributed by atoms with E-state index in [2.05, 4.69) is 50.6 Å². The molecular weight excluding hydrogens is 483 g/mol. The first kappa shape index (κ1) is 27.2. The van der Waals surface area contributed by atoms with Crippen molar-refractivity contribution >= 4 is 31.9 Å². The van der Waals surface area contributed by atoms with Crippen LogP contribution in [0.4, 0.5) is 0 Å². The van der Waals surface area contributed by atoms with Crippen molar-refractivity contribution in [1.29, 1.82) is 0 Å². The highest BCUT2D eigenvalue weighted by molar-refractivity contribution is 6.21. The minimum Gasteiger partial charge on any atom is -0.342 e. The van der Waals surface area contributed by atoms with Gasteiger partial charge in [-0.15, -0.1) is 0 Å².